The molecule has 0 radical (unpaired) electrons. The third-order valence-electron chi connectivity index (χ3n) is 4.46. The van der Waals surface area contributed by atoms with E-state index in [0.29, 0.717) is 23.2 Å². The van der Waals surface area contributed by atoms with Crippen LogP contribution in [0, 0.1) is 17.5 Å². The van der Waals surface area contributed by atoms with Gasteiger partial charge in [-0.15, -0.1) is 0 Å². The Balaban J connectivity index is 2.09. The van der Waals surface area contributed by atoms with Crippen molar-refractivity contribution >= 4 is 17.0 Å². The molecule has 30 heavy (non-hydrogen) atoms. The Labute approximate surface area is 168 Å². The topological polar surface area (TPSA) is 85.8 Å². The van der Waals surface area contributed by atoms with Gasteiger partial charge in [0, 0.05) is 30.1 Å². The monoisotopic (exact) mass is 411 g/mol. The second-order valence-corrected chi connectivity index (χ2v) is 6.43. The van der Waals surface area contributed by atoms with Gasteiger partial charge in [0.25, 0.3) is 5.56 Å². The van der Waals surface area contributed by atoms with Crippen molar-refractivity contribution < 1.29 is 13.2 Å². The normalized spacial score (nSPS) is 11.1. The molecular weight excluding hydrogens is 395 g/mol. The molecule has 2 heterocycles. The molecule has 152 valence electrons. The van der Waals surface area contributed by atoms with E-state index in [1.54, 1.807) is 0 Å². The number of hydrogen-bond acceptors (Lipinski definition) is 5. The van der Waals surface area contributed by atoms with Crippen molar-refractivity contribution in [3.8, 4) is 16.9 Å². The predicted molar refractivity (Wildman–Crippen MR) is 108 cm³/mol. The van der Waals surface area contributed by atoms with E-state index in [4.69, 9.17) is 5.73 Å². The van der Waals surface area contributed by atoms with Gasteiger partial charge in [-0.05, 0) is 42.5 Å². The maximum Gasteiger partial charge on any atom is 0.256 e. The fraction of sp³-hybridized carbons (Fsp3) is 0.0952. The lowest BCUT2D eigenvalue weighted by Gasteiger charge is -2.15. The van der Waals surface area contributed by atoms with E-state index in [1.165, 1.54) is 42.5 Å². The van der Waals surface area contributed by atoms with E-state index < -0.39 is 28.7 Å². The average Bonchev–Trinajstić information content (AvgIpc) is 2.73. The summed E-state index contributed by atoms with van der Waals surface area (Å²) in [5, 5.41) is 3.27. The first kappa shape index (κ1) is 19.6. The molecule has 0 saturated carbocycles. The Morgan fingerprint density at radius 3 is 2.30 bits per heavy atom. The minimum absolute atomic E-state index is 0.000321. The number of anilines is 1. The number of nitrogens with one attached hydrogen (secondary N) is 1. The Morgan fingerprint density at radius 2 is 1.63 bits per heavy atom. The van der Waals surface area contributed by atoms with Crippen molar-refractivity contribution in [1.29, 1.82) is 0 Å². The number of benzene rings is 2. The lowest BCUT2D eigenvalue weighted by molar-refractivity contribution is 0.568. The Morgan fingerprint density at radius 1 is 0.933 bits per heavy atom. The number of para-hydroxylation sites is 1. The van der Waals surface area contributed by atoms with Gasteiger partial charge in [-0.2, -0.15) is 4.98 Å². The van der Waals surface area contributed by atoms with Crippen LogP contribution in [0.3, 0.4) is 0 Å². The molecule has 0 aliphatic heterocycles. The van der Waals surface area contributed by atoms with Crippen LogP contribution in [0.25, 0.3) is 28.0 Å². The highest BCUT2D eigenvalue weighted by molar-refractivity contribution is 5.92. The van der Waals surface area contributed by atoms with E-state index in [-0.39, 0.29) is 18.1 Å². The number of nitrogens with two attached hydrogens (primary N) is 1. The van der Waals surface area contributed by atoms with E-state index in [2.05, 4.69) is 15.3 Å². The van der Waals surface area contributed by atoms with Crippen LogP contribution in [0.1, 0.15) is 0 Å². The van der Waals surface area contributed by atoms with Crippen LogP contribution in [-0.4, -0.2) is 27.6 Å². The number of hydrogen-bond donors (Lipinski definition) is 2. The molecule has 4 aromatic rings. The number of rotatable bonds is 5. The minimum atomic E-state index is -0.914. The molecule has 0 unspecified atom stereocenters. The molecule has 4 rings (SSSR count). The lowest BCUT2D eigenvalue weighted by atomic mass is 10.1. The second-order valence-electron chi connectivity index (χ2n) is 6.43. The lowest BCUT2D eigenvalue weighted by Crippen LogP contribution is -2.22. The van der Waals surface area contributed by atoms with Gasteiger partial charge < -0.3 is 11.1 Å². The molecular formula is C21H16F3N5O. The summed E-state index contributed by atoms with van der Waals surface area (Å²) in [7, 11) is 0. The Bertz CT molecular complexity index is 1270. The standard InChI is InChI=1S/C21H16F3N5O/c22-13-6-4-12(5-7-13)18-14-8-9-17(30)29(19-15(23)2-1-3-16(19)24)20(14)28-21(27-18)26-11-10-25/h1-9H,10-11,25H2,(H,26,27,28). The van der Waals surface area contributed by atoms with Crippen molar-refractivity contribution in [2.45, 2.75) is 0 Å². The summed E-state index contributed by atoms with van der Waals surface area (Å²) in [4.78, 5) is 21.4. The summed E-state index contributed by atoms with van der Waals surface area (Å²) in [6.07, 6.45) is 0. The van der Waals surface area contributed by atoms with E-state index in [9.17, 15) is 18.0 Å². The quantitative estimate of drug-likeness (QED) is 0.527. The van der Waals surface area contributed by atoms with Crippen LogP contribution < -0.4 is 16.6 Å². The van der Waals surface area contributed by atoms with Gasteiger partial charge in [0.05, 0.1) is 5.69 Å². The molecule has 0 saturated heterocycles. The van der Waals surface area contributed by atoms with Crippen molar-refractivity contribution in [2.24, 2.45) is 5.73 Å². The van der Waals surface area contributed by atoms with Gasteiger partial charge >= 0.3 is 0 Å². The van der Waals surface area contributed by atoms with Gasteiger partial charge in [-0.3, -0.25) is 9.36 Å². The van der Waals surface area contributed by atoms with Crippen LogP contribution >= 0.6 is 0 Å². The molecule has 0 atom stereocenters. The third-order valence-corrected chi connectivity index (χ3v) is 4.46. The van der Waals surface area contributed by atoms with Crippen LogP contribution in [0.4, 0.5) is 19.1 Å². The highest BCUT2D eigenvalue weighted by atomic mass is 19.1. The summed E-state index contributed by atoms with van der Waals surface area (Å²) >= 11 is 0. The van der Waals surface area contributed by atoms with E-state index in [1.807, 2.05) is 0 Å². The van der Waals surface area contributed by atoms with Gasteiger partial charge in [0.2, 0.25) is 5.95 Å². The molecule has 9 heteroatoms. The van der Waals surface area contributed by atoms with Crippen LogP contribution in [0.15, 0.2) is 59.4 Å². The molecule has 0 fully saturated rings. The Kier molecular flexibility index (Phi) is 5.20. The SMILES string of the molecule is NCCNc1nc(-c2ccc(F)cc2)c2ccc(=O)n(-c3c(F)cccc3F)c2n1. The summed E-state index contributed by atoms with van der Waals surface area (Å²) < 4.78 is 43.3. The number of pyridine rings is 1. The number of aromatic nitrogens is 3. The summed E-state index contributed by atoms with van der Waals surface area (Å²) in [6.45, 7) is 0.621. The van der Waals surface area contributed by atoms with E-state index >= 15 is 0 Å². The zero-order chi connectivity index (χ0) is 21.3. The van der Waals surface area contributed by atoms with Crippen LogP contribution in [0.5, 0.6) is 0 Å². The van der Waals surface area contributed by atoms with Crippen molar-refractivity contribution in [3.05, 3.63) is 82.4 Å². The minimum Gasteiger partial charge on any atom is -0.353 e. The number of fused-ring (bicyclic) bond motifs is 1. The first-order valence-corrected chi connectivity index (χ1v) is 9.07. The average molecular weight is 411 g/mol. The Hall–Kier alpha value is -3.72. The van der Waals surface area contributed by atoms with Crippen molar-refractivity contribution in [2.75, 3.05) is 18.4 Å². The first-order chi connectivity index (χ1) is 14.5. The number of nitrogens with zero attached hydrogens (tertiary/aromatic N) is 3. The number of halogens is 3. The van der Waals surface area contributed by atoms with Crippen LogP contribution in [-0.2, 0) is 0 Å². The maximum absolute atomic E-state index is 14.5. The zero-order valence-corrected chi connectivity index (χ0v) is 15.6. The van der Waals surface area contributed by atoms with E-state index in [0.717, 1.165) is 16.7 Å². The molecule has 0 amide bonds. The van der Waals surface area contributed by atoms with Gasteiger partial charge in [0.15, 0.2) is 5.65 Å². The highest BCUT2D eigenvalue weighted by Crippen LogP contribution is 2.29. The second kappa shape index (κ2) is 7.96. The zero-order valence-electron chi connectivity index (χ0n) is 15.6. The third kappa shape index (κ3) is 3.50. The fourth-order valence-electron chi connectivity index (χ4n) is 3.12. The smallest absolute Gasteiger partial charge is 0.256 e. The fourth-order valence-corrected chi connectivity index (χ4v) is 3.12. The highest BCUT2D eigenvalue weighted by Gasteiger charge is 2.19. The van der Waals surface area contributed by atoms with Crippen molar-refractivity contribution in [3.63, 3.8) is 0 Å². The molecule has 3 N–H and O–H groups in total. The summed E-state index contributed by atoms with van der Waals surface area (Å²) in [5.41, 5.74) is 5.23. The molecule has 0 aliphatic carbocycles. The summed E-state index contributed by atoms with van der Waals surface area (Å²) in [6, 6.07) is 11.5. The molecule has 0 spiro atoms. The predicted octanol–water partition coefficient (Wildman–Crippen LogP) is 3.24. The molecule has 6 nitrogen and oxygen atoms in total. The first-order valence-electron chi connectivity index (χ1n) is 9.07. The maximum atomic E-state index is 14.5. The molecule has 0 aliphatic rings. The molecule has 2 aromatic heterocycles. The van der Waals surface area contributed by atoms with Gasteiger partial charge in [0.1, 0.15) is 23.1 Å². The van der Waals surface area contributed by atoms with Crippen molar-refractivity contribution in [1.82, 2.24) is 14.5 Å². The van der Waals surface area contributed by atoms with Crippen LogP contribution in [0.2, 0.25) is 0 Å². The summed E-state index contributed by atoms with van der Waals surface area (Å²) in [5.74, 6) is -2.14. The molecule has 2 aromatic carbocycles. The molecule has 0 bridgehead atoms. The largest absolute Gasteiger partial charge is 0.353 e. The van der Waals surface area contributed by atoms with Gasteiger partial charge in [-0.1, -0.05) is 6.07 Å². The van der Waals surface area contributed by atoms with Gasteiger partial charge in [-0.25, -0.2) is 18.2 Å².